The van der Waals surface area contributed by atoms with Crippen molar-refractivity contribution in [2.45, 2.75) is 13.3 Å². The van der Waals surface area contributed by atoms with Gasteiger partial charge in [-0.15, -0.1) is 0 Å². The Balaban J connectivity index is 2.30. The van der Waals surface area contributed by atoms with Crippen LogP contribution in [0, 0.1) is 0 Å². The molecule has 86 valence electrons. The SMILES string of the molecule is CC(=O)CC(=O)Nc1cccc2ccncc12. The number of anilines is 1. The van der Waals surface area contributed by atoms with Crippen molar-refractivity contribution in [2.24, 2.45) is 0 Å². The fraction of sp³-hybridized carbons (Fsp3) is 0.154. The number of nitrogens with zero attached hydrogens (tertiary/aromatic N) is 1. The summed E-state index contributed by atoms with van der Waals surface area (Å²) in [6, 6.07) is 7.46. The van der Waals surface area contributed by atoms with Crippen molar-refractivity contribution in [1.82, 2.24) is 4.98 Å². The average molecular weight is 228 g/mol. The van der Waals surface area contributed by atoms with Crippen LogP contribution < -0.4 is 5.32 Å². The zero-order valence-corrected chi connectivity index (χ0v) is 9.43. The Hall–Kier alpha value is -2.23. The molecule has 1 heterocycles. The van der Waals surface area contributed by atoms with Gasteiger partial charge >= 0.3 is 0 Å². The molecule has 0 saturated carbocycles. The van der Waals surface area contributed by atoms with Gasteiger partial charge in [-0.1, -0.05) is 12.1 Å². The van der Waals surface area contributed by atoms with Crippen LogP contribution in [-0.2, 0) is 9.59 Å². The average Bonchev–Trinajstić information content (AvgIpc) is 2.28. The standard InChI is InChI=1S/C13H12N2O2/c1-9(16)7-13(17)15-12-4-2-3-10-5-6-14-8-11(10)12/h2-6,8H,7H2,1H3,(H,15,17). The molecular formula is C13H12N2O2. The molecule has 0 saturated heterocycles. The smallest absolute Gasteiger partial charge is 0.231 e. The molecule has 0 fully saturated rings. The van der Waals surface area contributed by atoms with Crippen molar-refractivity contribution in [3.05, 3.63) is 36.7 Å². The predicted molar refractivity (Wildman–Crippen MR) is 65.7 cm³/mol. The van der Waals surface area contributed by atoms with E-state index in [1.54, 1.807) is 18.5 Å². The van der Waals surface area contributed by atoms with Gasteiger partial charge in [0, 0.05) is 17.8 Å². The Morgan fingerprint density at radius 1 is 1.29 bits per heavy atom. The van der Waals surface area contributed by atoms with Crippen LogP contribution in [0.2, 0.25) is 0 Å². The topological polar surface area (TPSA) is 59.1 Å². The second kappa shape index (κ2) is 4.74. The first-order valence-corrected chi connectivity index (χ1v) is 5.29. The van der Waals surface area contributed by atoms with Gasteiger partial charge < -0.3 is 5.32 Å². The van der Waals surface area contributed by atoms with Crippen molar-refractivity contribution >= 4 is 28.2 Å². The van der Waals surface area contributed by atoms with Gasteiger partial charge in [0.25, 0.3) is 0 Å². The van der Waals surface area contributed by atoms with E-state index in [0.717, 1.165) is 10.8 Å². The lowest BCUT2D eigenvalue weighted by Gasteiger charge is -2.07. The van der Waals surface area contributed by atoms with Crippen molar-refractivity contribution < 1.29 is 9.59 Å². The number of benzene rings is 1. The van der Waals surface area contributed by atoms with Gasteiger partial charge in [-0.3, -0.25) is 14.6 Å². The van der Waals surface area contributed by atoms with Gasteiger partial charge in [-0.2, -0.15) is 0 Å². The van der Waals surface area contributed by atoms with E-state index in [4.69, 9.17) is 0 Å². The summed E-state index contributed by atoms with van der Waals surface area (Å²) in [5.41, 5.74) is 0.682. The van der Waals surface area contributed by atoms with Gasteiger partial charge in [0.15, 0.2) is 0 Å². The van der Waals surface area contributed by atoms with Crippen LogP contribution in [0.15, 0.2) is 36.7 Å². The quantitative estimate of drug-likeness (QED) is 0.819. The molecule has 1 N–H and O–H groups in total. The Morgan fingerprint density at radius 2 is 2.12 bits per heavy atom. The molecule has 1 aromatic heterocycles. The number of rotatable bonds is 3. The van der Waals surface area contributed by atoms with Gasteiger partial charge in [0.2, 0.25) is 5.91 Å². The summed E-state index contributed by atoms with van der Waals surface area (Å²) >= 11 is 0. The normalized spacial score (nSPS) is 10.2. The molecule has 0 unspecified atom stereocenters. The van der Waals surface area contributed by atoms with E-state index in [9.17, 15) is 9.59 Å². The zero-order valence-electron chi connectivity index (χ0n) is 9.43. The van der Waals surface area contributed by atoms with Crippen LogP contribution in [0.3, 0.4) is 0 Å². The summed E-state index contributed by atoms with van der Waals surface area (Å²) in [5, 5.41) is 4.58. The molecule has 2 rings (SSSR count). The van der Waals surface area contributed by atoms with Crippen LogP contribution in [0.4, 0.5) is 5.69 Å². The Labute approximate surface area is 98.7 Å². The molecule has 1 aromatic carbocycles. The number of hydrogen-bond donors (Lipinski definition) is 1. The summed E-state index contributed by atoms with van der Waals surface area (Å²) in [6.45, 7) is 1.39. The highest BCUT2D eigenvalue weighted by molar-refractivity contribution is 6.07. The number of aromatic nitrogens is 1. The van der Waals surface area contributed by atoms with E-state index in [2.05, 4.69) is 10.3 Å². The van der Waals surface area contributed by atoms with Crippen molar-refractivity contribution in [2.75, 3.05) is 5.32 Å². The molecule has 0 aliphatic rings. The van der Waals surface area contributed by atoms with Crippen LogP contribution >= 0.6 is 0 Å². The number of amides is 1. The first kappa shape index (κ1) is 11.3. The number of fused-ring (bicyclic) bond motifs is 1. The highest BCUT2D eigenvalue weighted by atomic mass is 16.2. The second-order valence-electron chi connectivity index (χ2n) is 3.83. The molecule has 0 radical (unpaired) electrons. The number of carbonyl (C=O) groups is 2. The van der Waals surface area contributed by atoms with Crippen LogP contribution in [0.1, 0.15) is 13.3 Å². The molecule has 2 aromatic rings. The van der Waals surface area contributed by atoms with Crippen molar-refractivity contribution in [1.29, 1.82) is 0 Å². The van der Waals surface area contributed by atoms with Gasteiger partial charge in [0.05, 0.1) is 12.1 Å². The molecular weight excluding hydrogens is 216 g/mol. The Bertz CT molecular complexity index is 573. The summed E-state index contributed by atoms with van der Waals surface area (Å²) in [7, 11) is 0. The van der Waals surface area contributed by atoms with Gasteiger partial charge in [0.1, 0.15) is 5.78 Å². The first-order valence-electron chi connectivity index (χ1n) is 5.29. The minimum Gasteiger partial charge on any atom is -0.325 e. The molecule has 0 aliphatic carbocycles. The third-order valence-corrected chi connectivity index (χ3v) is 2.37. The lowest BCUT2D eigenvalue weighted by molar-refractivity contribution is -0.124. The fourth-order valence-corrected chi connectivity index (χ4v) is 1.64. The molecule has 0 atom stereocenters. The van der Waals surface area contributed by atoms with E-state index in [1.165, 1.54) is 6.92 Å². The number of nitrogens with one attached hydrogen (secondary N) is 1. The molecule has 4 heteroatoms. The number of pyridine rings is 1. The van der Waals surface area contributed by atoms with Crippen LogP contribution in [0.5, 0.6) is 0 Å². The highest BCUT2D eigenvalue weighted by Crippen LogP contribution is 2.21. The predicted octanol–water partition coefficient (Wildman–Crippen LogP) is 2.15. The molecule has 0 spiro atoms. The third-order valence-electron chi connectivity index (χ3n) is 2.37. The molecule has 1 amide bonds. The maximum atomic E-state index is 11.5. The maximum absolute atomic E-state index is 11.5. The molecule has 0 bridgehead atoms. The minimum absolute atomic E-state index is 0.101. The minimum atomic E-state index is -0.297. The monoisotopic (exact) mass is 228 g/mol. The van der Waals surface area contributed by atoms with E-state index in [1.807, 2.05) is 18.2 Å². The number of carbonyl (C=O) groups excluding carboxylic acids is 2. The summed E-state index contributed by atoms with van der Waals surface area (Å²) in [4.78, 5) is 26.4. The van der Waals surface area contributed by atoms with Gasteiger partial charge in [-0.25, -0.2) is 0 Å². The van der Waals surface area contributed by atoms with Crippen LogP contribution in [0.25, 0.3) is 10.8 Å². The lowest BCUT2D eigenvalue weighted by Crippen LogP contribution is -2.14. The summed E-state index contributed by atoms with van der Waals surface area (Å²) in [5.74, 6) is -0.449. The second-order valence-corrected chi connectivity index (χ2v) is 3.83. The number of Topliss-reactive ketones (excluding diaryl/α,β-unsaturated/α-hetero) is 1. The zero-order chi connectivity index (χ0) is 12.3. The highest BCUT2D eigenvalue weighted by Gasteiger charge is 2.07. The van der Waals surface area contributed by atoms with Crippen molar-refractivity contribution in [3.63, 3.8) is 0 Å². The Morgan fingerprint density at radius 3 is 2.88 bits per heavy atom. The lowest BCUT2D eigenvalue weighted by atomic mass is 10.1. The van der Waals surface area contributed by atoms with E-state index in [0.29, 0.717) is 5.69 Å². The third kappa shape index (κ3) is 2.66. The van der Waals surface area contributed by atoms with Crippen LogP contribution in [-0.4, -0.2) is 16.7 Å². The van der Waals surface area contributed by atoms with E-state index in [-0.39, 0.29) is 18.1 Å². The van der Waals surface area contributed by atoms with Crippen molar-refractivity contribution in [3.8, 4) is 0 Å². The number of hydrogen-bond acceptors (Lipinski definition) is 3. The van der Waals surface area contributed by atoms with E-state index < -0.39 is 0 Å². The van der Waals surface area contributed by atoms with Gasteiger partial charge in [-0.05, 0) is 24.4 Å². The number of ketones is 1. The van der Waals surface area contributed by atoms with E-state index >= 15 is 0 Å². The Kier molecular flexibility index (Phi) is 3.14. The molecule has 0 aliphatic heterocycles. The first-order chi connectivity index (χ1) is 8.16. The fourth-order valence-electron chi connectivity index (χ4n) is 1.64. The summed E-state index contributed by atoms with van der Waals surface area (Å²) in [6.07, 6.45) is 3.29. The molecule has 4 nitrogen and oxygen atoms in total. The maximum Gasteiger partial charge on any atom is 0.231 e. The summed E-state index contributed by atoms with van der Waals surface area (Å²) < 4.78 is 0. The largest absolute Gasteiger partial charge is 0.325 e. The molecule has 17 heavy (non-hydrogen) atoms.